The summed E-state index contributed by atoms with van der Waals surface area (Å²) in [5, 5.41) is 14.2. The normalized spacial score (nSPS) is 22.9. The van der Waals surface area contributed by atoms with Gasteiger partial charge < -0.3 is 9.84 Å². The van der Waals surface area contributed by atoms with Crippen LogP contribution in [0.1, 0.15) is 29.8 Å². The predicted octanol–water partition coefficient (Wildman–Crippen LogP) is 4.07. The maximum atomic E-state index is 10.1. The highest BCUT2D eigenvalue weighted by atomic mass is 79.9. The first-order chi connectivity index (χ1) is 8.24. The van der Waals surface area contributed by atoms with Crippen LogP contribution in [0.5, 0.6) is 5.75 Å². The molecule has 1 aliphatic rings. The molecule has 1 N–H and O–H groups in total. The van der Waals surface area contributed by atoms with Gasteiger partial charge in [-0.2, -0.15) is 11.3 Å². The van der Waals surface area contributed by atoms with Crippen molar-refractivity contribution in [2.24, 2.45) is 0 Å². The number of ether oxygens (including phenoxy) is 1. The number of hydrogen-bond acceptors (Lipinski definition) is 3. The molecule has 0 saturated carbocycles. The average Bonchev–Trinajstić information content (AvgIpc) is 2.81. The maximum Gasteiger partial charge on any atom is 0.127 e. The number of halogens is 1. The van der Waals surface area contributed by atoms with Gasteiger partial charge in [0.15, 0.2) is 0 Å². The van der Waals surface area contributed by atoms with Gasteiger partial charge in [0.2, 0.25) is 0 Å². The molecule has 0 spiro atoms. The molecular weight excluding hydrogens is 300 g/mol. The predicted molar refractivity (Wildman–Crippen MR) is 71.4 cm³/mol. The largest absolute Gasteiger partial charge is 0.485 e. The van der Waals surface area contributed by atoms with Crippen molar-refractivity contribution < 1.29 is 9.84 Å². The fourth-order valence-corrected chi connectivity index (χ4v) is 3.12. The number of hydrogen-bond donors (Lipinski definition) is 1. The monoisotopic (exact) mass is 310 g/mol. The third kappa shape index (κ3) is 2.12. The number of benzene rings is 1. The van der Waals surface area contributed by atoms with Gasteiger partial charge in [-0.1, -0.05) is 22.0 Å². The molecule has 88 valence electrons. The lowest BCUT2D eigenvalue weighted by molar-refractivity contribution is 0.0659. The standard InChI is InChI=1S/C13H11BrO2S/c14-9-1-2-10-11(15)6-12(16-13(10)5-9)8-3-4-17-7-8/h1-5,7,11-12,15H,6H2/t11-,12?/m1/s1. The minimum absolute atomic E-state index is 0.0435. The van der Waals surface area contributed by atoms with E-state index >= 15 is 0 Å². The topological polar surface area (TPSA) is 29.5 Å². The molecule has 1 aromatic carbocycles. The van der Waals surface area contributed by atoms with E-state index in [0.717, 1.165) is 21.3 Å². The highest BCUT2D eigenvalue weighted by molar-refractivity contribution is 9.10. The molecule has 0 saturated heterocycles. The van der Waals surface area contributed by atoms with E-state index in [-0.39, 0.29) is 6.10 Å². The van der Waals surface area contributed by atoms with Gasteiger partial charge in [0, 0.05) is 22.0 Å². The second-order valence-corrected chi connectivity index (χ2v) is 5.79. The van der Waals surface area contributed by atoms with E-state index in [9.17, 15) is 5.11 Å². The van der Waals surface area contributed by atoms with E-state index in [1.165, 1.54) is 0 Å². The Balaban J connectivity index is 1.97. The Morgan fingerprint density at radius 3 is 3.00 bits per heavy atom. The summed E-state index contributed by atoms with van der Waals surface area (Å²) < 4.78 is 6.91. The van der Waals surface area contributed by atoms with E-state index in [0.29, 0.717) is 6.42 Å². The van der Waals surface area contributed by atoms with Crippen molar-refractivity contribution >= 4 is 27.3 Å². The molecule has 2 aromatic rings. The summed E-state index contributed by atoms with van der Waals surface area (Å²) in [6.07, 6.45) is 0.126. The van der Waals surface area contributed by atoms with E-state index in [4.69, 9.17) is 4.74 Å². The second kappa shape index (κ2) is 4.44. The first-order valence-corrected chi connectivity index (χ1v) is 7.14. The van der Waals surface area contributed by atoms with E-state index in [1.54, 1.807) is 11.3 Å². The zero-order valence-electron chi connectivity index (χ0n) is 8.97. The summed E-state index contributed by atoms with van der Waals surface area (Å²) in [4.78, 5) is 0. The molecule has 0 bridgehead atoms. The summed E-state index contributed by atoms with van der Waals surface area (Å²) in [6, 6.07) is 7.80. The SMILES string of the molecule is O[C@@H]1CC(c2ccsc2)Oc2cc(Br)ccc21. The number of rotatable bonds is 1. The lowest BCUT2D eigenvalue weighted by Gasteiger charge is -2.29. The molecule has 4 heteroatoms. The third-order valence-corrected chi connectivity index (χ3v) is 4.15. The third-order valence-electron chi connectivity index (χ3n) is 2.96. The van der Waals surface area contributed by atoms with Gasteiger partial charge in [0.25, 0.3) is 0 Å². The van der Waals surface area contributed by atoms with Crippen LogP contribution in [0, 0.1) is 0 Å². The fraction of sp³-hybridized carbons (Fsp3) is 0.231. The van der Waals surface area contributed by atoms with Gasteiger partial charge in [0.05, 0.1) is 6.10 Å². The van der Waals surface area contributed by atoms with Crippen molar-refractivity contribution in [3.05, 3.63) is 50.6 Å². The number of aliphatic hydroxyl groups is 1. The van der Waals surface area contributed by atoms with E-state index in [1.807, 2.05) is 29.6 Å². The van der Waals surface area contributed by atoms with E-state index in [2.05, 4.69) is 21.3 Å². The van der Waals surface area contributed by atoms with Gasteiger partial charge in [-0.3, -0.25) is 0 Å². The quantitative estimate of drug-likeness (QED) is 0.860. The van der Waals surface area contributed by atoms with Crippen LogP contribution >= 0.6 is 27.3 Å². The Hall–Kier alpha value is -0.840. The molecule has 2 atom stereocenters. The summed E-state index contributed by atoms with van der Waals surface area (Å²) in [6.45, 7) is 0. The maximum absolute atomic E-state index is 10.1. The minimum atomic E-state index is -0.447. The number of aliphatic hydroxyl groups excluding tert-OH is 1. The molecule has 1 aromatic heterocycles. The smallest absolute Gasteiger partial charge is 0.127 e. The van der Waals surface area contributed by atoms with Crippen LogP contribution in [-0.4, -0.2) is 5.11 Å². The van der Waals surface area contributed by atoms with Crippen molar-refractivity contribution in [3.63, 3.8) is 0 Å². The fourth-order valence-electron chi connectivity index (χ4n) is 2.08. The lowest BCUT2D eigenvalue weighted by Crippen LogP contribution is -2.18. The molecule has 2 heterocycles. The van der Waals surface area contributed by atoms with Crippen LogP contribution in [0.15, 0.2) is 39.5 Å². The first-order valence-electron chi connectivity index (χ1n) is 5.40. The molecule has 0 radical (unpaired) electrons. The van der Waals surface area contributed by atoms with Crippen molar-refractivity contribution in [3.8, 4) is 5.75 Å². The number of fused-ring (bicyclic) bond motifs is 1. The Morgan fingerprint density at radius 1 is 1.35 bits per heavy atom. The highest BCUT2D eigenvalue weighted by Crippen LogP contribution is 2.42. The highest BCUT2D eigenvalue weighted by Gasteiger charge is 2.28. The van der Waals surface area contributed by atoms with Gasteiger partial charge in [0.1, 0.15) is 11.9 Å². The van der Waals surface area contributed by atoms with Crippen molar-refractivity contribution in [1.29, 1.82) is 0 Å². The summed E-state index contributed by atoms with van der Waals surface area (Å²) >= 11 is 5.07. The summed E-state index contributed by atoms with van der Waals surface area (Å²) in [5.41, 5.74) is 2.01. The average molecular weight is 311 g/mol. The van der Waals surface area contributed by atoms with Crippen LogP contribution in [0.2, 0.25) is 0 Å². The van der Waals surface area contributed by atoms with Crippen LogP contribution < -0.4 is 4.74 Å². The van der Waals surface area contributed by atoms with Crippen LogP contribution in [0.25, 0.3) is 0 Å². The molecule has 0 amide bonds. The Bertz CT molecular complexity index is 524. The molecule has 3 rings (SSSR count). The molecule has 2 nitrogen and oxygen atoms in total. The van der Waals surface area contributed by atoms with Gasteiger partial charge in [-0.15, -0.1) is 0 Å². The first kappa shape index (κ1) is 11.3. The second-order valence-electron chi connectivity index (χ2n) is 4.10. The Morgan fingerprint density at radius 2 is 2.24 bits per heavy atom. The lowest BCUT2D eigenvalue weighted by atomic mass is 9.96. The van der Waals surface area contributed by atoms with Crippen molar-refractivity contribution in [2.45, 2.75) is 18.6 Å². The molecule has 0 aliphatic carbocycles. The molecular formula is C13H11BrO2S. The van der Waals surface area contributed by atoms with Crippen LogP contribution in [-0.2, 0) is 0 Å². The zero-order valence-corrected chi connectivity index (χ0v) is 11.4. The zero-order chi connectivity index (χ0) is 11.8. The molecule has 1 unspecified atom stereocenters. The van der Waals surface area contributed by atoms with Crippen LogP contribution in [0.4, 0.5) is 0 Å². The van der Waals surface area contributed by atoms with Gasteiger partial charge in [-0.25, -0.2) is 0 Å². The molecule has 17 heavy (non-hydrogen) atoms. The summed E-state index contributed by atoms with van der Waals surface area (Å²) in [5.74, 6) is 0.773. The van der Waals surface area contributed by atoms with E-state index < -0.39 is 6.10 Å². The van der Waals surface area contributed by atoms with Crippen molar-refractivity contribution in [2.75, 3.05) is 0 Å². The molecule has 0 fully saturated rings. The Labute approximate surface area is 112 Å². The van der Waals surface area contributed by atoms with Gasteiger partial charge in [-0.05, 0) is 29.0 Å². The van der Waals surface area contributed by atoms with Crippen LogP contribution in [0.3, 0.4) is 0 Å². The number of thiophene rings is 1. The molecule has 1 aliphatic heterocycles. The van der Waals surface area contributed by atoms with Gasteiger partial charge >= 0.3 is 0 Å². The Kier molecular flexibility index (Phi) is 2.94. The minimum Gasteiger partial charge on any atom is -0.485 e. The van der Waals surface area contributed by atoms with Crippen molar-refractivity contribution in [1.82, 2.24) is 0 Å². The summed E-state index contributed by atoms with van der Waals surface area (Å²) in [7, 11) is 0.